The summed E-state index contributed by atoms with van der Waals surface area (Å²) in [5.41, 5.74) is -0.106. The van der Waals surface area contributed by atoms with Crippen LogP contribution in [-0.2, 0) is 10.0 Å². The van der Waals surface area contributed by atoms with Crippen molar-refractivity contribution in [1.82, 2.24) is 4.31 Å². The standard InChI is InChI=1S/C13H18N2O4S/c1-10(2)9-14(11-3-4-11)20(18,19)13-7-5-12(6-8-13)15(16)17/h5-8,10-11H,3-4,9H2,1-2H3. The summed E-state index contributed by atoms with van der Waals surface area (Å²) in [6.07, 6.45) is 1.78. The summed E-state index contributed by atoms with van der Waals surface area (Å²) >= 11 is 0. The van der Waals surface area contributed by atoms with Crippen molar-refractivity contribution in [2.45, 2.75) is 37.6 Å². The maximum Gasteiger partial charge on any atom is 0.269 e. The molecule has 2 rings (SSSR count). The van der Waals surface area contributed by atoms with Crippen molar-refractivity contribution in [3.8, 4) is 0 Å². The van der Waals surface area contributed by atoms with E-state index >= 15 is 0 Å². The van der Waals surface area contributed by atoms with Gasteiger partial charge in [0.1, 0.15) is 0 Å². The minimum atomic E-state index is -3.56. The molecule has 0 N–H and O–H groups in total. The zero-order valence-corrected chi connectivity index (χ0v) is 12.3. The van der Waals surface area contributed by atoms with Gasteiger partial charge >= 0.3 is 0 Å². The Labute approximate surface area is 118 Å². The van der Waals surface area contributed by atoms with Crippen LogP contribution in [0.25, 0.3) is 0 Å². The minimum Gasteiger partial charge on any atom is -0.258 e. The number of benzene rings is 1. The summed E-state index contributed by atoms with van der Waals surface area (Å²) in [5.74, 6) is 0.239. The van der Waals surface area contributed by atoms with Crippen molar-refractivity contribution in [2.75, 3.05) is 6.54 Å². The second-order valence-corrected chi connectivity index (χ2v) is 7.34. The average Bonchev–Trinajstić information content (AvgIpc) is 3.20. The van der Waals surface area contributed by atoms with Crippen molar-refractivity contribution in [3.63, 3.8) is 0 Å². The van der Waals surface area contributed by atoms with Crippen LogP contribution in [0.1, 0.15) is 26.7 Å². The Morgan fingerprint density at radius 1 is 1.30 bits per heavy atom. The Hall–Kier alpha value is -1.47. The monoisotopic (exact) mass is 298 g/mol. The van der Waals surface area contributed by atoms with Crippen molar-refractivity contribution in [3.05, 3.63) is 34.4 Å². The van der Waals surface area contributed by atoms with Crippen molar-refractivity contribution >= 4 is 15.7 Å². The summed E-state index contributed by atoms with van der Waals surface area (Å²) in [5, 5.41) is 10.6. The molecule has 20 heavy (non-hydrogen) atoms. The van der Waals surface area contributed by atoms with Gasteiger partial charge in [0.25, 0.3) is 5.69 Å². The first-order chi connectivity index (χ1) is 9.32. The molecule has 0 amide bonds. The molecule has 7 heteroatoms. The lowest BCUT2D eigenvalue weighted by Crippen LogP contribution is -2.36. The van der Waals surface area contributed by atoms with Gasteiger partial charge < -0.3 is 0 Å². The van der Waals surface area contributed by atoms with E-state index < -0.39 is 14.9 Å². The van der Waals surface area contributed by atoms with Gasteiger partial charge in [-0.3, -0.25) is 10.1 Å². The number of nitro benzene ring substituents is 1. The fraction of sp³-hybridized carbons (Fsp3) is 0.538. The van der Waals surface area contributed by atoms with Crippen LogP contribution >= 0.6 is 0 Å². The highest BCUT2D eigenvalue weighted by molar-refractivity contribution is 7.89. The topological polar surface area (TPSA) is 80.5 Å². The van der Waals surface area contributed by atoms with Crippen LogP contribution in [0.15, 0.2) is 29.2 Å². The van der Waals surface area contributed by atoms with Crippen LogP contribution in [0, 0.1) is 16.0 Å². The first-order valence-electron chi connectivity index (χ1n) is 6.58. The Morgan fingerprint density at radius 3 is 2.25 bits per heavy atom. The molecule has 0 aromatic heterocycles. The number of hydrogen-bond acceptors (Lipinski definition) is 4. The molecule has 1 aromatic rings. The molecule has 6 nitrogen and oxygen atoms in total. The van der Waals surface area contributed by atoms with Gasteiger partial charge in [-0.1, -0.05) is 13.8 Å². The van der Waals surface area contributed by atoms with Gasteiger partial charge in [-0.25, -0.2) is 8.42 Å². The molecule has 1 aromatic carbocycles. The smallest absolute Gasteiger partial charge is 0.258 e. The third-order valence-corrected chi connectivity index (χ3v) is 5.09. The van der Waals surface area contributed by atoms with E-state index in [4.69, 9.17) is 0 Å². The Kier molecular flexibility index (Phi) is 4.10. The van der Waals surface area contributed by atoms with E-state index in [0.29, 0.717) is 6.54 Å². The molecule has 0 saturated heterocycles. The van der Waals surface area contributed by atoms with Crippen LogP contribution in [0.4, 0.5) is 5.69 Å². The average molecular weight is 298 g/mol. The normalized spacial score (nSPS) is 15.8. The second-order valence-electron chi connectivity index (χ2n) is 5.45. The predicted molar refractivity (Wildman–Crippen MR) is 74.8 cm³/mol. The molecule has 1 saturated carbocycles. The molecule has 0 unspecified atom stereocenters. The zero-order valence-electron chi connectivity index (χ0n) is 11.5. The first-order valence-corrected chi connectivity index (χ1v) is 8.02. The van der Waals surface area contributed by atoms with Gasteiger partial charge in [0.2, 0.25) is 10.0 Å². The Morgan fingerprint density at radius 2 is 1.85 bits per heavy atom. The maximum absolute atomic E-state index is 12.6. The van der Waals surface area contributed by atoms with Gasteiger partial charge in [-0.15, -0.1) is 0 Å². The highest BCUT2D eigenvalue weighted by atomic mass is 32.2. The Bertz CT molecular complexity index is 591. The van der Waals surface area contributed by atoms with Gasteiger partial charge in [-0.05, 0) is 30.9 Å². The number of rotatable bonds is 6. The lowest BCUT2D eigenvalue weighted by molar-refractivity contribution is -0.384. The fourth-order valence-electron chi connectivity index (χ4n) is 2.04. The number of hydrogen-bond donors (Lipinski definition) is 0. The van der Waals surface area contributed by atoms with Crippen LogP contribution in [0.2, 0.25) is 0 Å². The summed E-state index contributed by atoms with van der Waals surface area (Å²) in [6.45, 7) is 4.42. The van der Waals surface area contributed by atoms with Crippen molar-refractivity contribution in [1.29, 1.82) is 0 Å². The van der Waals surface area contributed by atoms with E-state index in [9.17, 15) is 18.5 Å². The molecule has 1 aliphatic carbocycles. The van der Waals surface area contributed by atoms with E-state index in [1.807, 2.05) is 13.8 Å². The summed E-state index contributed by atoms with van der Waals surface area (Å²) < 4.78 is 26.7. The summed E-state index contributed by atoms with van der Waals surface area (Å²) in [7, 11) is -3.56. The molecule has 0 aliphatic heterocycles. The minimum absolute atomic E-state index is 0.0811. The van der Waals surface area contributed by atoms with Crippen molar-refractivity contribution in [2.24, 2.45) is 5.92 Å². The number of non-ortho nitro benzene ring substituents is 1. The third kappa shape index (κ3) is 3.16. The molecule has 1 fully saturated rings. The summed E-state index contributed by atoms with van der Waals surface area (Å²) in [4.78, 5) is 10.2. The lowest BCUT2D eigenvalue weighted by atomic mass is 10.2. The molecular weight excluding hydrogens is 280 g/mol. The van der Waals surface area contributed by atoms with Crippen LogP contribution < -0.4 is 0 Å². The van der Waals surface area contributed by atoms with Gasteiger partial charge in [-0.2, -0.15) is 4.31 Å². The molecular formula is C13H18N2O4S. The highest BCUT2D eigenvalue weighted by Crippen LogP contribution is 2.33. The van der Waals surface area contributed by atoms with Crippen molar-refractivity contribution < 1.29 is 13.3 Å². The molecule has 110 valence electrons. The molecule has 0 heterocycles. The summed E-state index contributed by atoms with van der Waals surface area (Å²) in [6, 6.07) is 5.16. The van der Waals surface area contributed by atoms with E-state index in [2.05, 4.69) is 0 Å². The van der Waals surface area contributed by atoms with Crippen LogP contribution in [-0.4, -0.2) is 30.2 Å². The maximum atomic E-state index is 12.6. The van der Waals surface area contributed by atoms with Gasteiger partial charge in [0, 0.05) is 24.7 Å². The van der Waals surface area contributed by atoms with Gasteiger partial charge in [0.15, 0.2) is 0 Å². The fourth-order valence-corrected chi connectivity index (χ4v) is 3.89. The second kappa shape index (κ2) is 5.49. The lowest BCUT2D eigenvalue weighted by Gasteiger charge is -2.23. The molecule has 0 atom stereocenters. The number of nitrogens with zero attached hydrogens (tertiary/aromatic N) is 2. The van der Waals surface area contributed by atoms with E-state index in [1.54, 1.807) is 0 Å². The predicted octanol–water partition coefficient (Wildman–Crippen LogP) is 2.40. The zero-order chi connectivity index (χ0) is 14.9. The largest absolute Gasteiger partial charge is 0.269 e. The van der Waals surface area contributed by atoms with Crippen LogP contribution in [0.5, 0.6) is 0 Å². The van der Waals surface area contributed by atoms with Gasteiger partial charge in [0.05, 0.1) is 9.82 Å². The van der Waals surface area contributed by atoms with Crippen LogP contribution in [0.3, 0.4) is 0 Å². The number of sulfonamides is 1. The SMILES string of the molecule is CC(C)CN(C1CC1)S(=O)(=O)c1ccc([N+](=O)[O-])cc1. The first kappa shape index (κ1) is 14.9. The molecule has 1 aliphatic rings. The van der Waals surface area contributed by atoms with E-state index in [0.717, 1.165) is 12.8 Å². The highest BCUT2D eigenvalue weighted by Gasteiger charge is 2.38. The molecule has 0 spiro atoms. The van der Waals surface area contributed by atoms with E-state index in [1.165, 1.54) is 28.6 Å². The number of nitro groups is 1. The quantitative estimate of drug-likeness (QED) is 0.596. The molecule has 0 bridgehead atoms. The van der Waals surface area contributed by atoms with E-state index in [-0.39, 0.29) is 22.5 Å². The Balaban J connectivity index is 2.29. The third-order valence-electron chi connectivity index (χ3n) is 3.15. The molecule has 0 radical (unpaired) electrons.